The molecule has 0 N–H and O–H groups in total. The zero-order chi connectivity index (χ0) is 11.1. The van der Waals surface area contributed by atoms with Gasteiger partial charge in [-0.15, -0.1) is 0 Å². The highest BCUT2D eigenvalue weighted by molar-refractivity contribution is 5.89. The summed E-state index contributed by atoms with van der Waals surface area (Å²) in [6, 6.07) is 4.05. The van der Waals surface area contributed by atoms with Crippen molar-refractivity contribution in [1.29, 1.82) is 0 Å². The second kappa shape index (κ2) is 3.16. The Balaban J connectivity index is 2.50. The normalized spacial score (nSPS) is 13.1. The molecule has 1 aliphatic rings. The molecule has 0 atom stereocenters. The average Bonchev–Trinajstić information content (AvgIpc) is 2.74. The maximum atomic E-state index is 11.7. The molecular formula is C11H7O5. The van der Waals surface area contributed by atoms with E-state index in [0.717, 1.165) is 0 Å². The van der Waals surface area contributed by atoms with Crippen molar-refractivity contribution in [3.8, 4) is 17.2 Å². The van der Waals surface area contributed by atoms with Crippen molar-refractivity contribution < 1.29 is 18.6 Å². The highest BCUT2D eigenvalue weighted by Gasteiger charge is 2.24. The Hall–Kier alpha value is -2.17. The summed E-state index contributed by atoms with van der Waals surface area (Å²) >= 11 is 0. The molecule has 0 saturated heterocycles. The number of methoxy groups -OCH3 is 1. The van der Waals surface area contributed by atoms with Gasteiger partial charge >= 0.3 is 0 Å². The van der Waals surface area contributed by atoms with Gasteiger partial charge in [-0.2, -0.15) is 0 Å². The number of hydrogen-bond donors (Lipinski definition) is 0. The van der Waals surface area contributed by atoms with E-state index in [0.29, 0.717) is 28.2 Å². The van der Waals surface area contributed by atoms with E-state index in [1.165, 1.54) is 13.4 Å². The van der Waals surface area contributed by atoms with Gasteiger partial charge in [0.1, 0.15) is 17.2 Å². The molecule has 0 aliphatic carbocycles. The molecule has 3 rings (SSSR count). The topological polar surface area (TPSA) is 57.9 Å². The molecule has 0 fully saturated rings. The molecular weight excluding hydrogens is 212 g/mol. The van der Waals surface area contributed by atoms with Crippen molar-refractivity contribution in [3.05, 3.63) is 28.6 Å². The minimum absolute atomic E-state index is 0.111. The van der Waals surface area contributed by atoms with Gasteiger partial charge in [-0.3, -0.25) is 4.79 Å². The van der Waals surface area contributed by atoms with E-state index in [4.69, 9.17) is 18.6 Å². The van der Waals surface area contributed by atoms with Gasteiger partial charge < -0.3 is 18.6 Å². The number of rotatable bonds is 1. The maximum absolute atomic E-state index is 11.7. The quantitative estimate of drug-likeness (QED) is 0.724. The molecule has 5 heteroatoms. The zero-order valence-corrected chi connectivity index (χ0v) is 8.40. The van der Waals surface area contributed by atoms with Crippen molar-refractivity contribution in [2.75, 3.05) is 13.9 Å². The predicted octanol–water partition coefficient (Wildman–Crippen LogP) is 1.33. The molecule has 0 unspecified atom stereocenters. The van der Waals surface area contributed by atoms with Gasteiger partial charge in [0.2, 0.25) is 18.0 Å². The summed E-state index contributed by atoms with van der Waals surface area (Å²) in [7, 11) is 1.46. The third-order valence-corrected chi connectivity index (χ3v) is 2.39. The maximum Gasteiger partial charge on any atom is 0.231 e. The average molecular weight is 219 g/mol. The van der Waals surface area contributed by atoms with E-state index in [2.05, 4.69) is 6.07 Å². The monoisotopic (exact) mass is 219 g/mol. The Bertz CT molecular complexity index is 614. The fourth-order valence-electron chi connectivity index (χ4n) is 1.71. The van der Waals surface area contributed by atoms with Crippen LogP contribution in [0.25, 0.3) is 11.0 Å². The van der Waals surface area contributed by atoms with Crippen molar-refractivity contribution in [3.63, 3.8) is 0 Å². The van der Waals surface area contributed by atoms with Crippen LogP contribution in [0.5, 0.6) is 17.2 Å². The van der Waals surface area contributed by atoms with Crippen LogP contribution < -0.4 is 19.6 Å². The highest BCUT2D eigenvalue weighted by Crippen LogP contribution is 2.44. The van der Waals surface area contributed by atoms with E-state index in [9.17, 15) is 4.79 Å². The summed E-state index contributed by atoms with van der Waals surface area (Å²) in [6.07, 6.45) is 1.21. The van der Waals surface area contributed by atoms with Gasteiger partial charge in [0, 0.05) is 6.07 Å². The van der Waals surface area contributed by atoms with Crippen LogP contribution in [-0.4, -0.2) is 13.9 Å². The van der Waals surface area contributed by atoms with E-state index in [1.807, 2.05) is 0 Å². The number of ether oxygens (including phenoxy) is 3. The summed E-state index contributed by atoms with van der Waals surface area (Å²) in [5, 5.41) is 0.314. The highest BCUT2D eigenvalue weighted by atomic mass is 16.7. The smallest absolute Gasteiger partial charge is 0.231 e. The first kappa shape index (κ1) is 9.08. The first-order valence-corrected chi connectivity index (χ1v) is 4.61. The van der Waals surface area contributed by atoms with Gasteiger partial charge in [0.25, 0.3) is 0 Å². The van der Waals surface area contributed by atoms with Crippen molar-refractivity contribution >= 4 is 11.0 Å². The SMILES string of the molecule is COc1c2c(cc3oc[c]c(=O)c13)OCO2. The van der Waals surface area contributed by atoms with Crippen LogP contribution in [0.2, 0.25) is 0 Å². The van der Waals surface area contributed by atoms with Crippen molar-refractivity contribution in [1.82, 2.24) is 0 Å². The van der Waals surface area contributed by atoms with Gasteiger partial charge in [-0.1, -0.05) is 0 Å². The number of benzene rings is 1. The second-order valence-electron chi connectivity index (χ2n) is 3.23. The van der Waals surface area contributed by atoms with E-state index < -0.39 is 0 Å². The van der Waals surface area contributed by atoms with E-state index in [-0.39, 0.29) is 12.2 Å². The Labute approximate surface area is 90.1 Å². The summed E-state index contributed by atoms with van der Waals surface area (Å²) in [5.74, 6) is 1.27. The summed E-state index contributed by atoms with van der Waals surface area (Å²) < 4.78 is 20.8. The second-order valence-corrected chi connectivity index (χ2v) is 3.23. The molecule has 5 nitrogen and oxygen atoms in total. The molecule has 16 heavy (non-hydrogen) atoms. The summed E-state index contributed by atoms with van der Waals surface area (Å²) in [4.78, 5) is 11.7. The van der Waals surface area contributed by atoms with E-state index >= 15 is 0 Å². The third-order valence-electron chi connectivity index (χ3n) is 2.39. The lowest BCUT2D eigenvalue weighted by atomic mass is 10.2. The summed E-state index contributed by atoms with van der Waals surface area (Å²) in [5.41, 5.74) is 0.0984. The molecule has 2 heterocycles. The van der Waals surface area contributed by atoms with Crippen LogP contribution in [0, 0.1) is 6.07 Å². The van der Waals surface area contributed by atoms with Crippen LogP contribution in [-0.2, 0) is 0 Å². The van der Waals surface area contributed by atoms with Gasteiger partial charge in [-0.05, 0) is 0 Å². The molecule has 0 bridgehead atoms. The number of hydrogen-bond acceptors (Lipinski definition) is 5. The molecule has 1 aromatic carbocycles. The fourth-order valence-corrected chi connectivity index (χ4v) is 1.71. The molecule has 1 radical (unpaired) electrons. The Morgan fingerprint density at radius 3 is 3.12 bits per heavy atom. The zero-order valence-electron chi connectivity index (χ0n) is 8.40. The van der Waals surface area contributed by atoms with Gasteiger partial charge in [-0.25, -0.2) is 0 Å². The van der Waals surface area contributed by atoms with Crippen LogP contribution in [0.3, 0.4) is 0 Å². The van der Waals surface area contributed by atoms with Crippen molar-refractivity contribution in [2.45, 2.75) is 0 Å². The fraction of sp³-hybridized carbons (Fsp3) is 0.182. The lowest BCUT2D eigenvalue weighted by Gasteiger charge is -2.06. The van der Waals surface area contributed by atoms with E-state index in [1.54, 1.807) is 6.07 Å². The molecule has 1 aliphatic heterocycles. The van der Waals surface area contributed by atoms with Gasteiger partial charge in [0.15, 0.2) is 11.5 Å². The minimum Gasteiger partial charge on any atom is -0.492 e. The number of fused-ring (bicyclic) bond motifs is 2. The molecule has 0 amide bonds. The molecule has 1 aromatic heterocycles. The molecule has 81 valence electrons. The molecule has 0 spiro atoms. The first-order chi connectivity index (χ1) is 7.81. The third kappa shape index (κ3) is 1.08. The van der Waals surface area contributed by atoms with Crippen LogP contribution in [0.15, 0.2) is 21.5 Å². The summed E-state index contributed by atoms with van der Waals surface area (Å²) in [6.45, 7) is 0.111. The largest absolute Gasteiger partial charge is 0.492 e. The predicted molar refractivity (Wildman–Crippen MR) is 54.0 cm³/mol. The first-order valence-electron chi connectivity index (χ1n) is 4.61. The van der Waals surface area contributed by atoms with Crippen LogP contribution in [0.4, 0.5) is 0 Å². The lowest BCUT2D eigenvalue weighted by Crippen LogP contribution is -2.02. The van der Waals surface area contributed by atoms with Crippen LogP contribution in [0.1, 0.15) is 0 Å². The molecule has 0 saturated carbocycles. The van der Waals surface area contributed by atoms with Crippen LogP contribution >= 0.6 is 0 Å². The Morgan fingerprint density at radius 2 is 2.31 bits per heavy atom. The standard InChI is InChI=1S/C11H7O5/c1-13-11-9-6(12)2-3-14-7(9)4-8-10(11)16-5-15-8/h3-4H,5H2,1H3. The Kier molecular flexibility index (Phi) is 1.80. The Morgan fingerprint density at radius 1 is 1.44 bits per heavy atom. The van der Waals surface area contributed by atoms with Crippen molar-refractivity contribution in [2.24, 2.45) is 0 Å². The minimum atomic E-state index is -0.295. The van der Waals surface area contributed by atoms with Gasteiger partial charge in [0.05, 0.1) is 13.2 Å². The molecule has 2 aromatic rings. The lowest BCUT2D eigenvalue weighted by molar-refractivity contribution is 0.171.